The van der Waals surface area contributed by atoms with Gasteiger partial charge in [0, 0.05) is 47.2 Å². The molecule has 2 aromatic heterocycles. The van der Waals surface area contributed by atoms with E-state index in [4.69, 9.17) is 0 Å². The van der Waals surface area contributed by atoms with Crippen molar-refractivity contribution in [1.29, 1.82) is 0 Å². The van der Waals surface area contributed by atoms with Crippen LogP contribution in [0.3, 0.4) is 0 Å². The number of nitrogens with zero attached hydrogens (tertiary/aromatic N) is 4. The van der Waals surface area contributed by atoms with Crippen molar-refractivity contribution >= 4 is 28.6 Å². The first kappa shape index (κ1) is 17.1. The molecule has 5 nitrogen and oxygen atoms in total. The quantitative estimate of drug-likeness (QED) is 0.820. The molecule has 4 heterocycles. The number of carbonyl (C=O) groups is 1. The molecular formula is C18H24N4OS2. The fourth-order valence-electron chi connectivity index (χ4n) is 4.22. The Labute approximate surface area is 156 Å². The van der Waals surface area contributed by atoms with Crippen molar-refractivity contribution < 1.29 is 4.79 Å². The molecule has 1 amide bonds. The fraction of sp³-hybridized carbons (Fsp3) is 0.611. The Bertz CT molecular complexity index is 729. The highest BCUT2D eigenvalue weighted by molar-refractivity contribution is 7.11. The Morgan fingerprint density at radius 1 is 1.16 bits per heavy atom. The van der Waals surface area contributed by atoms with Crippen LogP contribution in [0.1, 0.15) is 46.9 Å². The molecule has 0 aliphatic carbocycles. The topological polar surface area (TPSA) is 49.3 Å². The Morgan fingerprint density at radius 2 is 2.08 bits per heavy atom. The van der Waals surface area contributed by atoms with Crippen LogP contribution in [-0.4, -0.2) is 44.3 Å². The Kier molecular flexibility index (Phi) is 4.88. The SMILES string of the molecule is Cc1ncc(CN2CCC[C@@]3(CCC(=O)N3Cc3cncs3)CC2)s1. The van der Waals surface area contributed by atoms with E-state index in [1.807, 2.05) is 17.9 Å². The second kappa shape index (κ2) is 7.13. The summed E-state index contributed by atoms with van der Waals surface area (Å²) in [4.78, 5) is 28.3. The number of thiazole rings is 2. The van der Waals surface area contributed by atoms with Gasteiger partial charge in [-0.2, -0.15) is 0 Å². The number of carbonyl (C=O) groups excluding carboxylic acids is 1. The third-order valence-electron chi connectivity index (χ3n) is 5.53. The summed E-state index contributed by atoms with van der Waals surface area (Å²) in [6.45, 7) is 5.96. The molecule has 0 N–H and O–H groups in total. The lowest BCUT2D eigenvalue weighted by Crippen LogP contribution is -2.45. The van der Waals surface area contributed by atoms with E-state index < -0.39 is 0 Å². The lowest BCUT2D eigenvalue weighted by Gasteiger charge is -2.38. The number of hydrogen-bond donors (Lipinski definition) is 0. The van der Waals surface area contributed by atoms with Crippen molar-refractivity contribution in [2.24, 2.45) is 0 Å². The maximum absolute atomic E-state index is 12.6. The summed E-state index contributed by atoms with van der Waals surface area (Å²) >= 11 is 3.44. The van der Waals surface area contributed by atoms with Gasteiger partial charge in [0.1, 0.15) is 0 Å². The first-order chi connectivity index (χ1) is 12.1. The predicted molar refractivity (Wildman–Crippen MR) is 101 cm³/mol. The number of hydrogen-bond acceptors (Lipinski definition) is 6. The third kappa shape index (κ3) is 3.64. The number of rotatable bonds is 4. The maximum atomic E-state index is 12.6. The second-order valence-electron chi connectivity index (χ2n) is 7.15. The van der Waals surface area contributed by atoms with Crippen LogP contribution >= 0.6 is 22.7 Å². The summed E-state index contributed by atoms with van der Waals surface area (Å²) in [5.41, 5.74) is 1.91. The second-order valence-corrected chi connectivity index (χ2v) is 9.44. The molecule has 25 heavy (non-hydrogen) atoms. The van der Waals surface area contributed by atoms with Gasteiger partial charge in [-0.25, -0.2) is 4.98 Å². The summed E-state index contributed by atoms with van der Waals surface area (Å²) in [5, 5.41) is 1.14. The zero-order chi connectivity index (χ0) is 17.3. The smallest absolute Gasteiger partial charge is 0.223 e. The van der Waals surface area contributed by atoms with Gasteiger partial charge in [-0.05, 0) is 39.2 Å². The number of amides is 1. The molecule has 0 unspecified atom stereocenters. The van der Waals surface area contributed by atoms with E-state index >= 15 is 0 Å². The molecule has 2 aliphatic rings. The average molecular weight is 377 g/mol. The summed E-state index contributed by atoms with van der Waals surface area (Å²) < 4.78 is 0. The lowest BCUT2D eigenvalue weighted by atomic mass is 9.87. The summed E-state index contributed by atoms with van der Waals surface area (Å²) in [6, 6.07) is 0. The van der Waals surface area contributed by atoms with Gasteiger partial charge in [-0.3, -0.25) is 14.7 Å². The van der Waals surface area contributed by atoms with Gasteiger partial charge in [0.25, 0.3) is 0 Å². The molecule has 2 fully saturated rings. The van der Waals surface area contributed by atoms with Crippen molar-refractivity contribution in [3.05, 3.63) is 32.7 Å². The van der Waals surface area contributed by atoms with Crippen LogP contribution in [0.4, 0.5) is 0 Å². The van der Waals surface area contributed by atoms with Crippen molar-refractivity contribution in [3.8, 4) is 0 Å². The van der Waals surface area contributed by atoms with E-state index in [1.54, 1.807) is 22.7 Å². The van der Waals surface area contributed by atoms with Crippen LogP contribution in [0, 0.1) is 6.92 Å². The van der Waals surface area contributed by atoms with Gasteiger partial charge in [0.05, 0.1) is 17.1 Å². The van der Waals surface area contributed by atoms with Gasteiger partial charge in [-0.15, -0.1) is 22.7 Å². The molecule has 7 heteroatoms. The fourth-order valence-corrected chi connectivity index (χ4v) is 5.64. The third-order valence-corrected chi connectivity index (χ3v) is 7.20. The van der Waals surface area contributed by atoms with Crippen LogP contribution in [0.25, 0.3) is 0 Å². The summed E-state index contributed by atoms with van der Waals surface area (Å²) in [7, 11) is 0. The molecule has 2 saturated heterocycles. The maximum Gasteiger partial charge on any atom is 0.223 e. The Hall–Kier alpha value is -1.31. The largest absolute Gasteiger partial charge is 0.332 e. The molecule has 2 aromatic rings. The summed E-state index contributed by atoms with van der Waals surface area (Å²) in [6.07, 6.45) is 8.98. The van der Waals surface area contributed by atoms with Crippen LogP contribution in [0.2, 0.25) is 0 Å². The van der Waals surface area contributed by atoms with Crippen molar-refractivity contribution in [2.75, 3.05) is 13.1 Å². The van der Waals surface area contributed by atoms with Gasteiger partial charge in [0.15, 0.2) is 0 Å². The number of aromatic nitrogens is 2. The van der Waals surface area contributed by atoms with Crippen LogP contribution in [-0.2, 0) is 17.9 Å². The van der Waals surface area contributed by atoms with Gasteiger partial charge < -0.3 is 4.90 Å². The van der Waals surface area contributed by atoms with E-state index in [-0.39, 0.29) is 5.54 Å². The van der Waals surface area contributed by atoms with Gasteiger partial charge >= 0.3 is 0 Å². The Balaban J connectivity index is 1.45. The summed E-state index contributed by atoms with van der Waals surface area (Å²) in [5.74, 6) is 0.319. The van der Waals surface area contributed by atoms with Crippen LogP contribution in [0.15, 0.2) is 17.9 Å². The highest BCUT2D eigenvalue weighted by atomic mass is 32.1. The molecular weight excluding hydrogens is 352 g/mol. The number of aryl methyl sites for hydroxylation is 1. The van der Waals surface area contributed by atoms with E-state index in [1.165, 1.54) is 9.75 Å². The van der Waals surface area contributed by atoms with E-state index in [9.17, 15) is 4.79 Å². The molecule has 0 bridgehead atoms. The van der Waals surface area contributed by atoms with Crippen molar-refractivity contribution in [3.63, 3.8) is 0 Å². The monoisotopic (exact) mass is 376 g/mol. The van der Waals surface area contributed by atoms with E-state index in [0.29, 0.717) is 12.3 Å². The Morgan fingerprint density at radius 3 is 2.84 bits per heavy atom. The van der Waals surface area contributed by atoms with Crippen molar-refractivity contribution in [2.45, 2.75) is 57.7 Å². The zero-order valence-electron chi connectivity index (χ0n) is 14.6. The highest BCUT2D eigenvalue weighted by Gasteiger charge is 2.45. The number of likely N-dealkylation sites (tertiary alicyclic amines) is 2. The highest BCUT2D eigenvalue weighted by Crippen LogP contribution is 2.40. The molecule has 0 aromatic carbocycles. The minimum atomic E-state index is 0.0550. The first-order valence-electron chi connectivity index (χ1n) is 8.96. The molecule has 0 radical (unpaired) electrons. The minimum Gasteiger partial charge on any atom is -0.332 e. The normalized spacial score (nSPS) is 25.0. The van der Waals surface area contributed by atoms with E-state index in [0.717, 1.165) is 56.9 Å². The first-order valence-corrected chi connectivity index (χ1v) is 10.7. The van der Waals surface area contributed by atoms with Gasteiger partial charge in [0.2, 0.25) is 5.91 Å². The standard InChI is InChI=1S/C18H24N4OS2/c1-14-20-10-16(25-14)11-21-7-2-4-18(6-8-21)5-3-17(23)22(18)12-15-9-19-13-24-15/h9-10,13H,2-8,11-12H2,1H3/t18-/m1/s1. The van der Waals surface area contributed by atoms with Crippen molar-refractivity contribution in [1.82, 2.24) is 19.8 Å². The minimum absolute atomic E-state index is 0.0550. The average Bonchev–Trinajstić information content (AvgIpc) is 3.27. The van der Waals surface area contributed by atoms with E-state index in [2.05, 4.69) is 26.7 Å². The molecule has 1 atom stereocenters. The van der Waals surface area contributed by atoms with Crippen LogP contribution < -0.4 is 0 Å². The molecule has 2 aliphatic heterocycles. The predicted octanol–water partition coefficient (Wildman–Crippen LogP) is 3.46. The molecule has 1 spiro atoms. The van der Waals surface area contributed by atoms with Crippen LogP contribution in [0.5, 0.6) is 0 Å². The molecule has 134 valence electrons. The zero-order valence-corrected chi connectivity index (χ0v) is 16.2. The lowest BCUT2D eigenvalue weighted by molar-refractivity contribution is -0.132. The van der Waals surface area contributed by atoms with Gasteiger partial charge in [-0.1, -0.05) is 0 Å². The molecule has 0 saturated carbocycles. The molecule has 4 rings (SSSR count).